The minimum absolute atomic E-state index is 0.0829. The Balaban J connectivity index is 2.99. The molecule has 0 amide bonds. The van der Waals surface area contributed by atoms with E-state index in [9.17, 15) is 16.8 Å². The molecule has 0 aromatic heterocycles. The Morgan fingerprint density at radius 1 is 1.19 bits per heavy atom. The zero-order valence-electron chi connectivity index (χ0n) is 12.1. The molecular weight excluding hydrogens is 316 g/mol. The van der Waals surface area contributed by atoms with Crippen molar-refractivity contribution in [3.05, 3.63) is 17.7 Å². The van der Waals surface area contributed by atoms with Gasteiger partial charge in [-0.25, -0.2) is 26.3 Å². The van der Waals surface area contributed by atoms with Crippen LogP contribution >= 0.6 is 0 Å². The molecule has 0 aliphatic carbocycles. The van der Waals surface area contributed by atoms with Gasteiger partial charge in [0, 0.05) is 32.0 Å². The number of benzene rings is 1. The smallest absolute Gasteiger partial charge is 0.238 e. The second-order valence-corrected chi connectivity index (χ2v) is 8.59. The van der Waals surface area contributed by atoms with Crippen LogP contribution in [0.4, 0.5) is 11.4 Å². The van der Waals surface area contributed by atoms with Crippen molar-refractivity contribution in [2.45, 2.75) is 11.8 Å². The van der Waals surface area contributed by atoms with E-state index in [0.29, 0.717) is 11.3 Å². The summed E-state index contributed by atoms with van der Waals surface area (Å²) in [6.45, 7) is 1.69. The van der Waals surface area contributed by atoms with Crippen LogP contribution in [0.1, 0.15) is 5.56 Å². The summed E-state index contributed by atoms with van der Waals surface area (Å²) < 4.78 is 47.4. The topological polar surface area (TPSA) is 136 Å². The van der Waals surface area contributed by atoms with Crippen molar-refractivity contribution in [1.82, 2.24) is 4.31 Å². The van der Waals surface area contributed by atoms with Gasteiger partial charge in [-0.3, -0.25) is 0 Å². The van der Waals surface area contributed by atoms with Crippen molar-refractivity contribution in [3.63, 3.8) is 0 Å². The van der Waals surface area contributed by atoms with E-state index >= 15 is 0 Å². The second-order valence-electron chi connectivity index (χ2n) is 4.76. The SMILES string of the molecule is Cc1c(NCCS(=O)(=O)N(C)C)cc(N)cc1S(N)(=O)=O. The average Bonchev–Trinajstić information content (AvgIpc) is 2.31. The third-order valence-corrected chi connectivity index (χ3v) is 5.79. The Morgan fingerprint density at radius 3 is 2.24 bits per heavy atom. The third kappa shape index (κ3) is 4.56. The van der Waals surface area contributed by atoms with E-state index in [0.717, 1.165) is 4.31 Å². The highest BCUT2D eigenvalue weighted by Gasteiger charge is 2.17. The first-order valence-corrected chi connectivity index (χ1v) is 9.17. The van der Waals surface area contributed by atoms with Crippen LogP contribution in [0.25, 0.3) is 0 Å². The monoisotopic (exact) mass is 336 g/mol. The number of nitrogen functional groups attached to an aromatic ring is 1. The summed E-state index contributed by atoms with van der Waals surface area (Å²) in [5.74, 6) is -0.126. The molecule has 0 aliphatic heterocycles. The molecule has 120 valence electrons. The highest BCUT2D eigenvalue weighted by atomic mass is 32.2. The van der Waals surface area contributed by atoms with E-state index in [1.54, 1.807) is 6.92 Å². The standard InChI is InChI=1S/C11H20N4O4S2/c1-8-10(14-4-5-20(16,17)15(2)3)6-9(12)7-11(8)21(13,18)19/h6-7,14H,4-5,12H2,1-3H3,(H2,13,18,19). The number of rotatable bonds is 6. The lowest BCUT2D eigenvalue weighted by Gasteiger charge is -2.15. The number of sulfonamides is 2. The molecule has 0 atom stereocenters. The minimum atomic E-state index is -3.89. The fourth-order valence-corrected chi connectivity index (χ4v) is 3.25. The van der Waals surface area contributed by atoms with Gasteiger partial charge in [0.2, 0.25) is 20.0 Å². The summed E-state index contributed by atoms with van der Waals surface area (Å²) in [5, 5.41) is 7.99. The van der Waals surface area contributed by atoms with Crippen molar-refractivity contribution in [3.8, 4) is 0 Å². The van der Waals surface area contributed by atoms with Crippen LogP contribution in [0.5, 0.6) is 0 Å². The molecule has 8 nitrogen and oxygen atoms in total. The molecule has 10 heteroatoms. The lowest BCUT2D eigenvalue weighted by molar-refractivity contribution is 0.521. The number of nitrogens with one attached hydrogen (secondary N) is 1. The predicted octanol–water partition coefficient (Wildman–Crippen LogP) is -0.472. The zero-order chi connectivity index (χ0) is 16.4. The van der Waals surface area contributed by atoms with Crippen LogP contribution in [-0.2, 0) is 20.0 Å². The molecule has 0 heterocycles. The van der Waals surface area contributed by atoms with Gasteiger partial charge >= 0.3 is 0 Å². The first kappa shape index (κ1) is 17.7. The van der Waals surface area contributed by atoms with E-state index in [1.165, 1.54) is 26.2 Å². The highest BCUT2D eigenvalue weighted by molar-refractivity contribution is 7.89. The lowest BCUT2D eigenvalue weighted by atomic mass is 10.2. The van der Waals surface area contributed by atoms with Gasteiger partial charge < -0.3 is 11.1 Å². The van der Waals surface area contributed by atoms with Crippen molar-refractivity contribution < 1.29 is 16.8 Å². The molecule has 0 fully saturated rings. The summed E-state index contributed by atoms with van der Waals surface area (Å²) in [6.07, 6.45) is 0. The normalized spacial score (nSPS) is 12.6. The van der Waals surface area contributed by atoms with Crippen LogP contribution in [0, 0.1) is 6.92 Å². The molecule has 0 unspecified atom stereocenters. The van der Waals surface area contributed by atoms with Crippen LogP contribution in [-0.4, -0.2) is 47.5 Å². The average molecular weight is 336 g/mol. The highest BCUT2D eigenvalue weighted by Crippen LogP contribution is 2.25. The molecule has 0 radical (unpaired) electrons. The van der Waals surface area contributed by atoms with Gasteiger partial charge in [-0.05, 0) is 24.6 Å². The summed E-state index contributed by atoms with van der Waals surface area (Å²) in [5.41, 5.74) is 6.70. The second kappa shape index (κ2) is 6.18. The van der Waals surface area contributed by atoms with E-state index < -0.39 is 20.0 Å². The van der Waals surface area contributed by atoms with E-state index in [2.05, 4.69) is 5.32 Å². The molecule has 1 aromatic rings. The van der Waals surface area contributed by atoms with Crippen molar-refractivity contribution in [1.29, 1.82) is 0 Å². The number of nitrogens with zero attached hydrogens (tertiary/aromatic N) is 1. The maximum Gasteiger partial charge on any atom is 0.238 e. The number of hydrogen-bond donors (Lipinski definition) is 3. The molecule has 21 heavy (non-hydrogen) atoms. The quantitative estimate of drug-likeness (QED) is 0.601. The van der Waals surface area contributed by atoms with E-state index in [-0.39, 0.29) is 22.9 Å². The van der Waals surface area contributed by atoms with Gasteiger partial charge in [0.05, 0.1) is 10.6 Å². The Hall–Kier alpha value is -1.36. The third-order valence-electron chi connectivity index (χ3n) is 2.92. The van der Waals surface area contributed by atoms with Crippen LogP contribution in [0.3, 0.4) is 0 Å². The maximum absolute atomic E-state index is 11.6. The molecule has 0 spiro atoms. The minimum Gasteiger partial charge on any atom is -0.399 e. The molecule has 1 aromatic carbocycles. The predicted molar refractivity (Wildman–Crippen MR) is 82.9 cm³/mol. The van der Waals surface area contributed by atoms with Gasteiger partial charge in [0.15, 0.2) is 0 Å². The van der Waals surface area contributed by atoms with Gasteiger partial charge in [0.25, 0.3) is 0 Å². The molecule has 0 saturated carbocycles. The van der Waals surface area contributed by atoms with Crippen molar-refractivity contribution in [2.75, 3.05) is 37.4 Å². The Bertz CT molecular complexity index is 727. The number of anilines is 2. The first-order valence-electron chi connectivity index (χ1n) is 6.02. The number of hydrogen-bond acceptors (Lipinski definition) is 6. The summed E-state index contributed by atoms with van der Waals surface area (Å²) in [6, 6.07) is 2.80. The zero-order valence-corrected chi connectivity index (χ0v) is 13.8. The summed E-state index contributed by atoms with van der Waals surface area (Å²) >= 11 is 0. The lowest BCUT2D eigenvalue weighted by Crippen LogP contribution is -2.28. The van der Waals surface area contributed by atoms with Gasteiger partial charge in [-0.15, -0.1) is 0 Å². The first-order chi connectivity index (χ1) is 9.45. The van der Waals surface area contributed by atoms with Gasteiger partial charge in [0.1, 0.15) is 0 Å². The summed E-state index contributed by atoms with van der Waals surface area (Å²) in [4.78, 5) is -0.0829. The number of nitrogens with two attached hydrogens (primary N) is 2. The fourth-order valence-electron chi connectivity index (χ4n) is 1.69. The Kier molecular flexibility index (Phi) is 5.20. The van der Waals surface area contributed by atoms with Crippen LogP contribution in [0.15, 0.2) is 17.0 Å². The largest absolute Gasteiger partial charge is 0.399 e. The molecule has 5 N–H and O–H groups in total. The molecule has 0 bridgehead atoms. The maximum atomic E-state index is 11.6. The Morgan fingerprint density at radius 2 is 1.76 bits per heavy atom. The molecule has 1 rings (SSSR count). The molecule has 0 saturated heterocycles. The molecule has 0 aliphatic rings. The molecular formula is C11H20N4O4S2. The van der Waals surface area contributed by atoms with Gasteiger partial charge in [-0.1, -0.05) is 0 Å². The van der Waals surface area contributed by atoms with Crippen LogP contribution < -0.4 is 16.2 Å². The van der Waals surface area contributed by atoms with Crippen molar-refractivity contribution >= 4 is 31.4 Å². The summed E-state index contributed by atoms with van der Waals surface area (Å²) in [7, 11) is -4.34. The number of primary sulfonamides is 1. The van der Waals surface area contributed by atoms with Crippen molar-refractivity contribution in [2.24, 2.45) is 5.14 Å². The Labute approximate surface area is 125 Å². The van der Waals surface area contributed by atoms with Gasteiger partial charge in [-0.2, -0.15) is 0 Å². The fraction of sp³-hybridized carbons (Fsp3) is 0.455. The van der Waals surface area contributed by atoms with E-state index in [4.69, 9.17) is 10.9 Å². The van der Waals surface area contributed by atoms with E-state index in [1.807, 2.05) is 0 Å². The van der Waals surface area contributed by atoms with Crippen LogP contribution in [0.2, 0.25) is 0 Å².